The number of nitrogens with one attached hydrogen (secondary N) is 1. The number of nitrogens with zero attached hydrogens (tertiary/aromatic N) is 1. The van der Waals surface area contributed by atoms with Crippen LogP contribution < -0.4 is 11.1 Å². The van der Waals surface area contributed by atoms with Crippen LogP contribution in [0.4, 0.5) is 4.39 Å². The van der Waals surface area contributed by atoms with Crippen LogP contribution >= 0.6 is 23.2 Å². The average Bonchev–Trinajstić information content (AvgIpc) is 3.40. The van der Waals surface area contributed by atoms with E-state index in [1.54, 1.807) is 12.1 Å². The average molecular weight is 617 g/mol. The first-order chi connectivity index (χ1) is 19.9. The van der Waals surface area contributed by atoms with Crippen LogP contribution in [0.2, 0.25) is 10.2 Å². The maximum atomic E-state index is 16.0. The van der Waals surface area contributed by atoms with Crippen molar-refractivity contribution < 1.29 is 23.5 Å². The first kappa shape index (κ1) is 29.7. The summed E-state index contributed by atoms with van der Waals surface area (Å²) < 4.78 is 21.7. The number of ether oxygens (including phenoxy) is 1. The Morgan fingerprint density at radius 1 is 1.14 bits per heavy atom. The van der Waals surface area contributed by atoms with Crippen LogP contribution in [0.15, 0.2) is 30.5 Å². The van der Waals surface area contributed by atoms with E-state index < -0.39 is 40.7 Å². The third-order valence-electron chi connectivity index (χ3n) is 10.5. The molecule has 5 atom stereocenters. The maximum Gasteiger partial charge on any atom is 0.246 e. The third-order valence-corrected chi connectivity index (χ3v) is 11.0. The molecule has 10 heteroatoms. The summed E-state index contributed by atoms with van der Waals surface area (Å²) in [6, 6.07) is 6.20. The molecule has 3 heterocycles. The fourth-order valence-electron chi connectivity index (χ4n) is 8.31. The SMILES string of the molecule is CC1(C)CCC2(CC1)N[C@@H](C(=O)C[C@@H]1CC[C@@H](C(N)=O)OC1)[C@H](c1ccnc(Cl)c1F)[C@]21C(=O)Cc2cc(Cl)ccc21. The summed E-state index contributed by atoms with van der Waals surface area (Å²) >= 11 is 12.6. The van der Waals surface area contributed by atoms with Gasteiger partial charge in [-0.1, -0.05) is 43.1 Å². The van der Waals surface area contributed by atoms with Crippen molar-refractivity contribution in [1.29, 1.82) is 0 Å². The molecule has 0 unspecified atom stereocenters. The van der Waals surface area contributed by atoms with Gasteiger partial charge in [-0.15, -0.1) is 0 Å². The minimum absolute atomic E-state index is 0.0371. The number of halogens is 3. The van der Waals surface area contributed by atoms with Crippen molar-refractivity contribution in [3.63, 3.8) is 0 Å². The molecule has 2 aliphatic carbocycles. The smallest absolute Gasteiger partial charge is 0.246 e. The van der Waals surface area contributed by atoms with Gasteiger partial charge in [0.2, 0.25) is 5.91 Å². The molecule has 1 amide bonds. The Labute approximate surface area is 255 Å². The molecule has 4 aliphatic rings. The van der Waals surface area contributed by atoms with Gasteiger partial charge in [-0.2, -0.15) is 0 Å². The summed E-state index contributed by atoms with van der Waals surface area (Å²) in [4.78, 5) is 44.5. The van der Waals surface area contributed by atoms with Gasteiger partial charge in [0.05, 0.1) is 18.1 Å². The minimum atomic E-state index is -1.20. The lowest BCUT2D eigenvalue weighted by molar-refractivity contribution is -0.135. The predicted molar refractivity (Wildman–Crippen MR) is 157 cm³/mol. The number of aromatic nitrogens is 1. The molecule has 0 radical (unpaired) electrons. The summed E-state index contributed by atoms with van der Waals surface area (Å²) in [6.45, 7) is 4.67. The van der Waals surface area contributed by atoms with Crippen LogP contribution in [0, 0.1) is 17.2 Å². The summed E-state index contributed by atoms with van der Waals surface area (Å²) in [7, 11) is 0. The first-order valence-electron chi connectivity index (χ1n) is 14.7. The Morgan fingerprint density at radius 2 is 1.88 bits per heavy atom. The fraction of sp³-hybridized carbons (Fsp3) is 0.562. The van der Waals surface area contributed by atoms with Crippen molar-refractivity contribution in [3.8, 4) is 0 Å². The highest BCUT2D eigenvalue weighted by Gasteiger charge is 2.72. The van der Waals surface area contributed by atoms with E-state index in [1.165, 1.54) is 6.20 Å². The van der Waals surface area contributed by atoms with Gasteiger partial charge >= 0.3 is 0 Å². The molecule has 2 aromatic rings. The van der Waals surface area contributed by atoms with Gasteiger partial charge in [0, 0.05) is 35.5 Å². The first-order valence-corrected chi connectivity index (χ1v) is 15.5. The number of carbonyl (C=O) groups is 3. The van der Waals surface area contributed by atoms with Gasteiger partial charge in [0.15, 0.2) is 16.8 Å². The van der Waals surface area contributed by atoms with Crippen LogP contribution in [0.1, 0.15) is 81.4 Å². The number of amides is 1. The van der Waals surface area contributed by atoms with Crippen LogP contribution in [0.25, 0.3) is 0 Å². The number of pyridine rings is 1. The molecule has 1 aromatic heterocycles. The van der Waals surface area contributed by atoms with E-state index in [4.69, 9.17) is 33.7 Å². The molecule has 2 aliphatic heterocycles. The zero-order valence-corrected chi connectivity index (χ0v) is 25.4. The summed E-state index contributed by atoms with van der Waals surface area (Å²) in [5.74, 6) is -2.34. The Bertz CT molecular complexity index is 1450. The van der Waals surface area contributed by atoms with E-state index >= 15 is 4.39 Å². The van der Waals surface area contributed by atoms with Crippen LogP contribution in [0.5, 0.6) is 0 Å². The summed E-state index contributed by atoms with van der Waals surface area (Å²) in [6.07, 6.45) is 5.15. The van der Waals surface area contributed by atoms with Crippen molar-refractivity contribution in [2.24, 2.45) is 17.1 Å². The second-order valence-corrected chi connectivity index (χ2v) is 14.2. The number of hydrogen-bond acceptors (Lipinski definition) is 6. The largest absolute Gasteiger partial charge is 0.368 e. The highest BCUT2D eigenvalue weighted by atomic mass is 35.5. The number of primary amides is 1. The van der Waals surface area contributed by atoms with Crippen molar-refractivity contribution >= 4 is 40.7 Å². The number of rotatable bonds is 5. The predicted octanol–water partition coefficient (Wildman–Crippen LogP) is 5.22. The molecule has 0 bridgehead atoms. The molecule has 3 fully saturated rings. The zero-order chi connectivity index (χ0) is 30.0. The normalized spacial score (nSPS) is 31.4. The molecule has 1 saturated carbocycles. The Kier molecular flexibility index (Phi) is 7.52. The van der Waals surface area contributed by atoms with Crippen LogP contribution in [-0.2, 0) is 31.0 Å². The monoisotopic (exact) mass is 615 g/mol. The topological polar surface area (TPSA) is 111 Å². The number of hydrogen-bond donors (Lipinski definition) is 2. The van der Waals surface area contributed by atoms with Crippen molar-refractivity contribution in [2.75, 3.05) is 6.61 Å². The van der Waals surface area contributed by atoms with E-state index in [-0.39, 0.29) is 53.1 Å². The van der Waals surface area contributed by atoms with Crippen LogP contribution in [-0.4, -0.2) is 46.7 Å². The van der Waals surface area contributed by atoms with Crippen molar-refractivity contribution in [1.82, 2.24) is 10.3 Å². The maximum absolute atomic E-state index is 16.0. The Morgan fingerprint density at radius 3 is 2.55 bits per heavy atom. The number of fused-ring (bicyclic) bond motifs is 3. The lowest BCUT2D eigenvalue weighted by Crippen LogP contribution is -2.61. The quantitative estimate of drug-likeness (QED) is 0.446. The molecular formula is C32H36Cl2FN3O4. The molecule has 7 nitrogen and oxygen atoms in total. The van der Waals surface area contributed by atoms with E-state index in [9.17, 15) is 14.4 Å². The van der Waals surface area contributed by atoms with Gasteiger partial charge < -0.3 is 10.5 Å². The highest BCUT2D eigenvalue weighted by molar-refractivity contribution is 6.30. The Hall–Kier alpha value is -2.39. The van der Waals surface area contributed by atoms with Gasteiger partial charge in [-0.3, -0.25) is 19.7 Å². The zero-order valence-electron chi connectivity index (χ0n) is 23.9. The van der Waals surface area contributed by atoms with Gasteiger partial charge in [0.1, 0.15) is 11.9 Å². The molecule has 42 heavy (non-hydrogen) atoms. The van der Waals surface area contributed by atoms with E-state index in [0.717, 1.165) is 24.0 Å². The Balaban J connectivity index is 1.49. The number of Topliss-reactive ketones (excluding diaryl/α,β-unsaturated/α-hetero) is 2. The third kappa shape index (κ3) is 4.61. The lowest BCUT2D eigenvalue weighted by Gasteiger charge is -2.51. The summed E-state index contributed by atoms with van der Waals surface area (Å²) in [5, 5.41) is 3.96. The molecule has 2 spiro atoms. The van der Waals surface area contributed by atoms with Gasteiger partial charge in [0.25, 0.3) is 0 Å². The lowest BCUT2D eigenvalue weighted by atomic mass is 9.53. The molecule has 2 saturated heterocycles. The van der Waals surface area contributed by atoms with E-state index in [2.05, 4.69) is 24.1 Å². The summed E-state index contributed by atoms with van der Waals surface area (Å²) in [5.41, 5.74) is 5.35. The van der Waals surface area contributed by atoms with Gasteiger partial charge in [-0.05, 0) is 84.7 Å². The molecule has 1 aromatic carbocycles. The van der Waals surface area contributed by atoms with E-state index in [1.807, 2.05) is 12.1 Å². The number of nitrogens with two attached hydrogens (primary N) is 1. The van der Waals surface area contributed by atoms with Gasteiger partial charge in [-0.25, -0.2) is 9.37 Å². The van der Waals surface area contributed by atoms with Crippen molar-refractivity contribution in [2.45, 2.75) is 94.2 Å². The number of ketones is 2. The minimum Gasteiger partial charge on any atom is -0.368 e. The van der Waals surface area contributed by atoms with E-state index in [0.29, 0.717) is 30.7 Å². The van der Waals surface area contributed by atoms with Crippen LogP contribution in [0.3, 0.4) is 0 Å². The molecule has 6 rings (SSSR count). The second-order valence-electron chi connectivity index (χ2n) is 13.4. The number of carbonyl (C=O) groups excluding carboxylic acids is 3. The second kappa shape index (κ2) is 10.7. The number of benzene rings is 1. The molecular weight excluding hydrogens is 580 g/mol. The standard InChI is InChI=1S/C32H36Cl2FN3O4/c1-30(2)8-10-31(11-9-30)32(21-5-4-19(33)14-18(21)15-24(32)40)25(20-7-12-37-28(34)26(20)35)27(38-31)22(39)13-17-3-6-23(29(36)41)42-16-17/h4-5,7,12,14,17,23,25,27,38H,3,6,8-11,13,15-16H2,1-2H3,(H2,36,41)/t17-,23-,25-,27-,32-/m0/s1. The molecule has 3 N–H and O–H groups in total. The van der Waals surface area contributed by atoms with Crippen molar-refractivity contribution in [3.05, 3.63) is 63.1 Å². The fourth-order valence-corrected chi connectivity index (χ4v) is 8.67. The highest BCUT2D eigenvalue weighted by Crippen LogP contribution is 2.64. The molecule has 224 valence electrons.